The summed E-state index contributed by atoms with van der Waals surface area (Å²) >= 11 is 0. The molecule has 1 atom stereocenters. The van der Waals surface area contributed by atoms with Gasteiger partial charge in [0.05, 0.1) is 5.54 Å². The van der Waals surface area contributed by atoms with Crippen LogP contribution in [0, 0.1) is 0 Å². The Morgan fingerprint density at radius 1 is 1.50 bits per heavy atom. The Balaban J connectivity index is 2.57. The van der Waals surface area contributed by atoms with E-state index in [9.17, 15) is 4.79 Å². The number of nitrogens with one attached hydrogen (secondary N) is 1. The molecule has 1 fully saturated rings. The normalized spacial score (nSPS) is 21.9. The van der Waals surface area contributed by atoms with Crippen molar-refractivity contribution in [2.45, 2.75) is 38.8 Å². The summed E-state index contributed by atoms with van der Waals surface area (Å²) in [5, 5.41) is 3.24. The molecule has 0 saturated carbocycles. The summed E-state index contributed by atoms with van der Waals surface area (Å²) in [7, 11) is 4.15. The van der Waals surface area contributed by atoms with Gasteiger partial charge in [-0.25, -0.2) is 0 Å². The van der Waals surface area contributed by atoms with Gasteiger partial charge in [0.15, 0.2) is 0 Å². The highest BCUT2D eigenvalue weighted by Gasteiger charge is 2.35. The van der Waals surface area contributed by atoms with E-state index in [0.29, 0.717) is 6.04 Å². The van der Waals surface area contributed by atoms with E-state index in [1.165, 1.54) is 0 Å². The van der Waals surface area contributed by atoms with Gasteiger partial charge >= 0.3 is 0 Å². The van der Waals surface area contributed by atoms with E-state index in [0.717, 1.165) is 26.1 Å². The first-order valence-electron chi connectivity index (χ1n) is 6.09. The molecule has 0 aliphatic carbocycles. The Kier molecular flexibility index (Phi) is 4.33. The van der Waals surface area contributed by atoms with Gasteiger partial charge in [0.1, 0.15) is 0 Å². The smallest absolute Gasteiger partial charge is 0.242 e. The molecule has 4 nitrogen and oxygen atoms in total. The van der Waals surface area contributed by atoms with Crippen LogP contribution >= 0.6 is 0 Å². The molecular formula is C12H25N3O. The minimum atomic E-state index is -0.435. The minimum absolute atomic E-state index is 0.221. The molecule has 94 valence electrons. The van der Waals surface area contributed by atoms with Crippen molar-refractivity contribution in [3.63, 3.8) is 0 Å². The summed E-state index contributed by atoms with van der Waals surface area (Å²) in [6.45, 7) is 8.52. The van der Waals surface area contributed by atoms with E-state index in [2.05, 4.69) is 24.3 Å². The second-order valence-corrected chi connectivity index (χ2v) is 5.31. The molecule has 0 spiro atoms. The lowest BCUT2D eigenvalue weighted by Crippen LogP contribution is -2.53. The van der Waals surface area contributed by atoms with Crippen LogP contribution in [0.5, 0.6) is 0 Å². The number of nitrogens with zero attached hydrogens (tertiary/aromatic N) is 2. The summed E-state index contributed by atoms with van der Waals surface area (Å²) in [6, 6.07) is 0.515. The SMILES string of the molecule is CCNC(C)(C)C(=O)N1CCC(N(C)C)C1. The maximum absolute atomic E-state index is 12.3. The van der Waals surface area contributed by atoms with Crippen LogP contribution in [0.15, 0.2) is 0 Å². The van der Waals surface area contributed by atoms with Crippen molar-refractivity contribution in [3.05, 3.63) is 0 Å². The average Bonchev–Trinajstić information content (AvgIpc) is 2.65. The fourth-order valence-corrected chi connectivity index (χ4v) is 2.26. The fraction of sp³-hybridized carbons (Fsp3) is 0.917. The van der Waals surface area contributed by atoms with Gasteiger partial charge in [-0.05, 0) is 40.9 Å². The fourth-order valence-electron chi connectivity index (χ4n) is 2.26. The van der Waals surface area contributed by atoms with E-state index in [1.807, 2.05) is 25.7 Å². The largest absolute Gasteiger partial charge is 0.339 e. The van der Waals surface area contributed by atoms with Crippen LogP contribution in [0.25, 0.3) is 0 Å². The highest BCUT2D eigenvalue weighted by Crippen LogP contribution is 2.17. The molecule has 1 aliphatic heterocycles. The van der Waals surface area contributed by atoms with Crippen molar-refractivity contribution >= 4 is 5.91 Å². The van der Waals surface area contributed by atoms with Crippen LogP contribution in [0.4, 0.5) is 0 Å². The van der Waals surface area contributed by atoms with E-state index in [1.54, 1.807) is 0 Å². The number of amides is 1. The molecule has 4 heteroatoms. The molecule has 1 rings (SSSR count). The third kappa shape index (κ3) is 2.95. The quantitative estimate of drug-likeness (QED) is 0.761. The second kappa shape index (κ2) is 5.15. The molecular weight excluding hydrogens is 202 g/mol. The molecule has 0 aromatic carbocycles. The second-order valence-electron chi connectivity index (χ2n) is 5.31. The zero-order valence-electron chi connectivity index (χ0n) is 11.2. The van der Waals surface area contributed by atoms with Crippen molar-refractivity contribution in [2.24, 2.45) is 0 Å². The van der Waals surface area contributed by atoms with Crippen LogP contribution in [0.1, 0.15) is 27.2 Å². The summed E-state index contributed by atoms with van der Waals surface area (Å²) < 4.78 is 0. The lowest BCUT2D eigenvalue weighted by Gasteiger charge is -2.30. The predicted molar refractivity (Wildman–Crippen MR) is 66.4 cm³/mol. The first kappa shape index (κ1) is 13.5. The standard InChI is InChI=1S/C12H25N3O/c1-6-13-12(2,3)11(16)15-8-7-10(9-15)14(4)5/h10,13H,6-9H2,1-5H3. The summed E-state index contributed by atoms with van der Waals surface area (Å²) in [5.74, 6) is 0.221. The Hall–Kier alpha value is -0.610. The Morgan fingerprint density at radius 2 is 2.12 bits per heavy atom. The highest BCUT2D eigenvalue weighted by molar-refractivity contribution is 5.85. The molecule has 1 unspecified atom stereocenters. The summed E-state index contributed by atoms with van der Waals surface area (Å²) in [5.41, 5.74) is -0.435. The summed E-state index contributed by atoms with van der Waals surface area (Å²) in [4.78, 5) is 16.5. The monoisotopic (exact) mass is 227 g/mol. The number of hydrogen-bond donors (Lipinski definition) is 1. The van der Waals surface area contributed by atoms with Crippen LogP contribution in [-0.4, -0.2) is 61.0 Å². The van der Waals surface area contributed by atoms with Crippen LogP contribution in [0.2, 0.25) is 0 Å². The topological polar surface area (TPSA) is 35.6 Å². The van der Waals surface area contributed by atoms with E-state index in [-0.39, 0.29) is 5.91 Å². The molecule has 1 amide bonds. The molecule has 0 bridgehead atoms. The van der Waals surface area contributed by atoms with Crippen molar-refractivity contribution in [3.8, 4) is 0 Å². The number of carbonyl (C=O) groups excluding carboxylic acids is 1. The maximum Gasteiger partial charge on any atom is 0.242 e. The highest BCUT2D eigenvalue weighted by atomic mass is 16.2. The van der Waals surface area contributed by atoms with E-state index >= 15 is 0 Å². The Morgan fingerprint density at radius 3 is 2.56 bits per heavy atom. The molecule has 1 N–H and O–H groups in total. The number of rotatable bonds is 4. The average molecular weight is 227 g/mol. The van der Waals surface area contributed by atoms with Gasteiger partial charge in [0, 0.05) is 19.1 Å². The van der Waals surface area contributed by atoms with Crippen LogP contribution < -0.4 is 5.32 Å². The number of likely N-dealkylation sites (tertiary alicyclic amines) is 1. The maximum atomic E-state index is 12.3. The number of likely N-dealkylation sites (N-methyl/N-ethyl adjacent to an activating group) is 2. The third-order valence-corrected chi connectivity index (χ3v) is 3.33. The van der Waals surface area contributed by atoms with Gasteiger partial charge in [-0.3, -0.25) is 4.79 Å². The molecule has 1 saturated heterocycles. The van der Waals surface area contributed by atoms with Crippen LogP contribution in [0.3, 0.4) is 0 Å². The van der Waals surface area contributed by atoms with Crippen molar-refractivity contribution in [2.75, 3.05) is 33.7 Å². The molecule has 1 heterocycles. The molecule has 0 aromatic heterocycles. The lowest BCUT2D eigenvalue weighted by molar-refractivity contribution is -0.136. The zero-order valence-corrected chi connectivity index (χ0v) is 11.2. The molecule has 0 aromatic rings. The van der Waals surface area contributed by atoms with Gasteiger partial charge < -0.3 is 15.1 Å². The number of carbonyl (C=O) groups is 1. The molecule has 0 radical (unpaired) electrons. The number of hydrogen-bond acceptors (Lipinski definition) is 3. The van der Waals surface area contributed by atoms with Gasteiger partial charge in [-0.1, -0.05) is 6.92 Å². The van der Waals surface area contributed by atoms with Gasteiger partial charge in [-0.15, -0.1) is 0 Å². The molecule has 16 heavy (non-hydrogen) atoms. The minimum Gasteiger partial charge on any atom is -0.339 e. The first-order valence-corrected chi connectivity index (χ1v) is 6.09. The van der Waals surface area contributed by atoms with Crippen LogP contribution in [-0.2, 0) is 4.79 Å². The van der Waals surface area contributed by atoms with Gasteiger partial charge in [0.2, 0.25) is 5.91 Å². The van der Waals surface area contributed by atoms with E-state index < -0.39 is 5.54 Å². The van der Waals surface area contributed by atoms with Crippen molar-refractivity contribution < 1.29 is 4.79 Å². The van der Waals surface area contributed by atoms with E-state index in [4.69, 9.17) is 0 Å². The van der Waals surface area contributed by atoms with Gasteiger partial charge in [-0.2, -0.15) is 0 Å². The lowest BCUT2D eigenvalue weighted by atomic mass is 10.0. The predicted octanol–water partition coefficient (Wildman–Crippen LogP) is 0.537. The summed E-state index contributed by atoms with van der Waals surface area (Å²) in [6.07, 6.45) is 1.08. The van der Waals surface area contributed by atoms with Crippen molar-refractivity contribution in [1.82, 2.24) is 15.1 Å². The Labute approximate surface area is 99.0 Å². The third-order valence-electron chi connectivity index (χ3n) is 3.33. The first-order chi connectivity index (χ1) is 7.38. The zero-order chi connectivity index (χ0) is 12.3. The van der Waals surface area contributed by atoms with Crippen molar-refractivity contribution in [1.29, 1.82) is 0 Å². The Bertz CT molecular complexity index is 251. The van der Waals surface area contributed by atoms with Gasteiger partial charge in [0.25, 0.3) is 0 Å². The molecule has 1 aliphatic rings.